The van der Waals surface area contributed by atoms with Crippen LogP contribution in [0.1, 0.15) is 59.5 Å². The molecule has 114 valence electrons. The highest BCUT2D eigenvalue weighted by molar-refractivity contribution is 5.92. The van der Waals surface area contributed by atoms with E-state index in [0.717, 1.165) is 37.0 Å². The minimum Gasteiger partial charge on any atom is -0.360 e. The van der Waals surface area contributed by atoms with Crippen molar-refractivity contribution in [1.29, 1.82) is 0 Å². The van der Waals surface area contributed by atoms with Gasteiger partial charge in [-0.15, -0.1) is 0 Å². The monoisotopic (exact) mass is 300 g/mol. The number of carbonyl (C=O) groups excluding carboxylic acids is 1. The van der Waals surface area contributed by atoms with Crippen molar-refractivity contribution in [1.82, 2.24) is 10.1 Å². The van der Waals surface area contributed by atoms with Crippen molar-refractivity contribution in [3.05, 3.63) is 53.2 Å². The molecule has 1 aromatic heterocycles. The summed E-state index contributed by atoms with van der Waals surface area (Å²) < 4.78 is 18.4. The molecule has 1 aromatic carbocycles. The van der Waals surface area contributed by atoms with E-state index in [0.29, 0.717) is 18.2 Å². The Morgan fingerprint density at radius 1 is 1.23 bits per heavy atom. The van der Waals surface area contributed by atoms with Crippen LogP contribution in [0.3, 0.4) is 0 Å². The maximum atomic E-state index is 13.1. The third-order valence-corrected chi connectivity index (χ3v) is 4.50. The second kappa shape index (κ2) is 5.23. The second-order valence-electron chi connectivity index (χ2n) is 6.10. The lowest BCUT2D eigenvalue weighted by molar-refractivity contribution is 0.0725. The van der Waals surface area contributed by atoms with Crippen LogP contribution in [0.4, 0.5) is 4.39 Å². The number of nitrogens with zero attached hydrogens (tertiary/aromatic N) is 2. The summed E-state index contributed by atoms with van der Waals surface area (Å²) in [5.74, 6) is 0.911. The van der Waals surface area contributed by atoms with Gasteiger partial charge in [-0.25, -0.2) is 4.39 Å². The van der Waals surface area contributed by atoms with Crippen LogP contribution < -0.4 is 0 Å². The third-order valence-electron chi connectivity index (χ3n) is 4.50. The van der Waals surface area contributed by atoms with Crippen molar-refractivity contribution in [2.45, 2.75) is 37.6 Å². The van der Waals surface area contributed by atoms with Crippen LogP contribution in [-0.4, -0.2) is 22.5 Å². The Hall–Kier alpha value is -2.17. The SMILES string of the molecule is O=C(c1cc(C2CC2)on1)N1CCCC1c1ccc(F)cc1. The van der Waals surface area contributed by atoms with Crippen LogP contribution in [0.2, 0.25) is 0 Å². The topological polar surface area (TPSA) is 46.3 Å². The quantitative estimate of drug-likeness (QED) is 0.869. The van der Waals surface area contributed by atoms with E-state index in [9.17, 15) is 9.18 Å². The normalized spacial score (nSPS) is 21.3. The van der Waals surface area contributed by atoms with Crippen molar-refractivity contribution in [2.75, 3.05) is 6.54 Å². The number of aromatic nitrogens is 1. The number of hydrogen-bond donors (Lipinski definition) is 0. The Kier molecular flexibility index (Phi) is 3.21. The van der Waals surface area contributed by atoms with E-state index < -0.39 is 0 Å². The molecule has 1 unspecified atom stereocenters. The average Bonchev–Trinajstić information content (AvgIpc) is 3.08. The average molecular weight is 300 g/mol. The number of halogens is 1. The first-order valence-corrected chi connectivity index (χ1v) is 7.75. The van der Waals surface area contributed by atoms with E-state index in [1.807, 2.05) is 4.90 Å². The summed E-state index contributed by atoms with van der Waals surface area (Å²) in [6, 6.07) is 8.16. The highest BCUT2D eigenvalue weighted by atomic mass is 19.1. The molecular weight excluding hydrogens is 283 g/mol. The van der Waals surface area contributed by atoms with Crippen LogP contribution in [0, 0.1) is 5.82 Å². The Bertz CT molecular complexity index is 691. The number of rotatable bonds is 3. The minimum absolute atomic E-state index is 0.00539. The van der Waals surface area contributed by atoms with Gasteiger partial charge in [0.15, 0.2) is 5.69 Å². The van der Waals surface area contributed by atoms with E-state index in [-0.39, 0.29) is 17.8 Å². The number of benzene rings is 1. The predicted molar refractivity (Wildman–Crippen MR) is 77.9 cm³/mol. The number of carbonyl (C=O) groups is 1. The maximum Gasteiger partial charge on any atom is 0.276 e. The van der Waals surface area contributed by atoms with Gasteiger partial charge < -0.3 is 9.42 Å². The van der Waals surface area contributed by atoms with Gasteiger partial charge in [0.1, 0.15) is 11.6 Å². The molecule has 5 heteroatoms. The zero-order chi connectivity index (χ0) is 15.1. The fraction of sp³-hybridized carbons (Fsp3) is 0.412. The number of amides is 1. The maximum absolute atomic E-state index is 13.1. The minimum atomic E-state index is -0.259. The van der Waals surface area contributed by atoms with Crippen LogP contribution in [0.15, 0.2) is 34.9 Å². The van der Waals surface area contributed by atoms with Crippen molar-refractivity contribution in [2.24, 2.45) is 0 Å². The molecule has 1 atom stereocenters. The van der Waals surface area contributed by atoms with E-state index in [2.05, 4.69) is 5.16 Å². The van der Waals surface area contributed by atoms with Crippen LogP contribution in [0.25, 0.3) is 0 Å². The molecule has 4 nitrogen and oxygen atoms in total. The molecule has 0 radical (unpaired) electrons. The fourth-order valence-corrected chi connectivity index (χ4v) is 3.14. The zero-order valence-electron chi connectivity index (χ0n) is 12.2. The van der Waals surface area contributed by atoms with Gasteiger partial charge in [-0.05, 0) is 43.4 Å². The fourth-order valence-electron chi connectivity index (χ4n) is 3.14. The number of hydrogen-bond acceptors (Lipinski definition) is 3. The van der Waals surface area contributed by atoms with Gasteiger partial charge in [-0.1, -0.05) is 17.3 Å². The van der Waals surface area contributed by atoms with E-state index in [4.69, 9.17) is 4.52 Å². The Morgan fingerprint density at radius 3 is 2.73 bits per heavy atom. The number of likely N-dealkylation sites (tertiary alicyclic amines) is 1. The van der Waals surface area contributed by atoms with E-state index >= 15 is 0 Å². The highest BCUT2D eigenvalue weighted by Crippen LogP contribution is 2.40. The molecule has 2 fully saturated rings. The summed E-state index contributed by atoms with van der Waals surface area (Å²) in [6.45, 7) is 0.701. The highest BCUT2D eigenvalue weighted by Gasteiger charge is 2.34. The molecule has 4 rings (SSSR count). The van der Waals surface area contributed by atoms with Gasteiger partial charge in [0.2, 0.25) is 0 Å². The third kappa shape index (κ3) is 2.40. The lowest BCUT2D eigenvalue weighted by atomic mass is 10.0. The lowest BCUT2D eigenvalue weighted by Crippen LogP contribution is -2.30. The van der Waals surface area contributed by atoms with Gasteiger partial charge in [-0.2, -0.15) is 0 Å². The molecule has 2 heterocycles. The van der Waals surface area contributed by atoms with Gasteiger partial charge in [0.25, 0.3) is 5.91 Å². The second-order valence-corrected chi connectivity index (χ2v) is 6.10. The summed E-state index contributed by atoms with van der Waals surface area (Å²) in [4.78, 5) is 14.5. The molecule has 1 saturated heterocycles. The van der Waals surface area contributed by atoms with Gasteiger partial charge in [0.05, 0.1) is 6.04 Å². The largest absolute Gasteiger partial charge is 0.360 e. The summed E-state index contributed by atoms with van der Waals surface area (Å²) in [5, 5.41) is 3.94. The smallest absolute Gasteiger partial charge is 0.276 e. The van der Waals surface area contributed by atoms with Crippen LogP contribution in [0.5, 0.6) is 0 Å². The molecule has 1 aliphatic carbocycles. The summed E-state index contributed by atoms with van der Waals surface area (Å²) in [6.07, 6.45) is 4.07. The first-order valence-electron chi connectivity index (χ1n) is 7.75. The Labute approximate surface area is 127 Å². The zero-order valence-corrected chi connectivity index (χ0v) is 12.2. The molecule has 1 amide bonds. The Balaban J connectivity index is 1.56. The molecular formula is C17H17FN2O2. The van der Waals surface area contributed by atoms with Crippen molar-refractivity contribution < 1.29 is 13.7 Å². The Morgan fingerprint density at radius 2 is 2.00 bits per heavy atom. The first-order chi connectivity index (χ1) is 10.7. The molecule has 1 aliphatic heterocycles. The summed E-state index contributed by atoms with van der Waals surface area (Å²) in [5.41, 5.74) is 1.36. The standard InChI is InChI=1S/C17H17FN2O2/c18-13-7-5-11(6-8-13)15-2-1-9-20(15)17(21)14-10-16(22-19-14)12-3-4-12/h5-8,10,12,15H,1-4,9H2. The van der Waals surface area contributed by atoms with E-state index in [1.165, 1.54) is 12.1 Å². The summed E-state index contributed by atoms with van der Waals surface area (Å²) >= 11 is 0. The van der Waals surface area contributed by atoms with Crippen molar-refractivity contribution in [3.8, 4) is 0 Å². The molecule has 2 aromatic rings. The molecule has 0 N–H and O–H groups in total. The molecule has 22 heavy (non-hydrogen) atoms. The van der Waals surface area contributed by atoms with Crippen molar-refractivity contribution in [3.63, 3.8) is 0 Å². The van der Waals surface area contributed by atoms with Gasteiger partial charge in [-0.3, -0.25) is 4.79 Å². The first kappa shape index (κ1) is 13.5. The van der Waals surface area contributed by atoms with Gasteiger partial charge in [0, 0.05) is 18.5 Å². The molecule has 0 spiro atoms. The van der Waals surface area contributed by atoms with E-state index in [1.54, 1.807) is 18.2 Å². The van der Waals surface area contributed by atoms with Crippen LogP contribution in [-0.2, 0) is 0 Å². The predicted octanol–water partition coefficient (Wildman–Crippen LogP) is 3.67. The molecule has 0 bridgehead atoms. The van der Waals surface area contributed by atoms with Crippen LogP contribution >= 0.6 is 0 Å². The van der Waals surface area contributed by atoms with Crippen molar-refractivity contribution >= 4 is 5.91 Å². The molecule has 1 saturated carbocycles. The molecule has 2 aliphatic rings. The lowest BCUT2D eigenvalue weighted by Gasteiger charge is -2.24. The summed E-state index contributed by atoms with van der Waals surface area (Å²) in [7, 11) is 0. The van der Waals surface area contributed by atoms with Gasteiger partial charge >= 0.3 is 0 Å².